The second kappa shape index (κ2) is 7.06. The Kier molecular flexibility index (Phi) is 6.70. The molecule has 0 aliphatic carbocycles. The molecule has 0 fully saturated rings. The maximum absolute atomic E-state index is 11.0. The number of hydrogen-bond acceptors (Lipinski definition) is 3. The minimum Gasteiger partial charge on any atom is -0.355 e. The zero-order valence-corrected chi connectivity index (χ0v) is 7.38. The van der Waals surface area contributed by atoms with Gasteiger partial charge in [0.2, 0.25) is 5.91 Å². The first kappa shape index (κ1) is 11.4. The summed E-state index contributed by atoms with van der Waals surface area (Å²) in [5, 5.41) is 2.57. The summed E-state index contributed by atoms with van der Waals surface area (Å²) < 4.78 is 0. The standard InChI is InChI=1S/C8H18N3O/c1-2-11-8(12)7(10)5-3-4-6-9/h7H,1-6,9-10H2,(H,11,12)/t7-/m0/s1. The minimum atomic E-state index is -0.404. The topological polar surface area (TPSA) is 81.1 Å². The maximum Gasteiger partial charge on any atom is 0.236 e. The first-order valence-electron chi connectivity index (χ1n) is 4.25. The van der Waals surface area contributed by atoms with Crippen LogP contribution in [0.15, 0.2) is 0 Å². The number of nitrogens with one attached hydrogen (secondary N) is 1. The molecule has 0 rings (SSSR count). The molecule has 0 bridgehead atoms. The Bertz CT molecular complexity index is 127. The van der Waals surface area contributed by atoms with Crippen LogP contribution in [0.1, 0.15) is 19.3 Å². The van der Waals surface area contributed by atoms with E-state index in [4.69, 9.17) is 11.5 Å². The molecule has 0 saturated heterocycles. The van der Waals surface area contributed by atoms with Gasteiger partial charge in [-0.05, 0) is 26.3 Å². The molecule has 0 aliphatic heterocycles. The van der Waals surface area contributed by atoms with Gasteiger partial charge in [-0.25, -0.2) is 0 Å². The van der Waals surface area contributed by atoms with E-state index in [2.05, 4.69) is 12.2 Å². The highest BCUT2D eigenvalue weighted by atomic mass is 16.2. The third-order valence-electron chi connectivity index (χ3n) is 1.61. The lowest BCUT2D eigenvalue weighted by atomic mass is 10.1. The Labute approximate surface area is 73.7 Å². The summed E-state index contributed by atoms with van der Waals surface area (Å²) in [5.41, 5.74) is 10.9. The van der Waals surface area contributed by atoms with Gasteiger partial charge in [0, 0.05) is 6.54 Å². The predicted molar refractivity (Wildman–Crippen MR) is 49.2 cm³/mol. The van der Waals surface area contributed by atoms with Crippen molar-refractivity contribution in [3.05, 3.63) is 6.92 Å². The maximum atomic E-state index is 11.0. The number of amides is 1. The van der Waals surface area contributed by atoms with Gasteiger partial charge in [-0.2, -0.15) is 0 Å². The van der Waals surface area contributed by atoms with Crippen LogP contribution in [0, 0.1) is 6.92 Å². The first-order valence-corrected chi connectivity index (χ1v) is 4.25. The Morgan fingerprint density at radius 3 is 2.67 bits per heavy atom. The number of carbonyl (C=O) groups is 1. The molecule has 12 heavy (non-hydrogen) atoms. The van der Waals surface area contributed by atoms with Crippen LogP contribution >= 0.6 is 0 Å². The second-order valence-electron chi connectivity index (χ2n) is 2.68. The van der Waals surface area contributed by atoms with Gasteiger partial charge in [0.1, 0.15) is 0 Å². The van der Waals surface area contributed by atoms with E-state index in [0.29, 0.717) is 19.5 Å². The zero-order chi connectivity index (χ0) is 9.40. The molecule has 0 aromatic heterocycles. The molecule has 71 valence electrons. The molecule has 1 radical (unpaired) electrons. The molecule has 0 spiro atoms. The molecule has 0 aromatic rings. The van der Waals surface area contributed by atoms with E-state index in [-0.39, 0.29) is 5.91 Å². The van der Waals surface area contributed by atoms with Gasteiger partial charge in [-0.1, -0.05) is 6.42 Å². The number of unbranched alkanes of at least 4 members (excludes halogenated alkanes) is 1. The summed E-state index contributed by atoms with van der Waals surface area (Å²) in [6, 6.07) is -0.404. The van der Waals surface area contributed by atoms with E-state index in [1.54, 1.807) is 0 Å². The van der Waals surface area contributed by atoms with E-state index < -0.39 is 6.04 Å². The first-order chi connectivity index (χ1) is 5.72. The highest BCUT2D eigenvalue weighted by molar-refractivity contribution is 5.81. The average Bonchev–Trinajstić information content (AvgIpc) is 2.05. The van der Waals surface area contributed by atoms with E-state index in [0.717, 1.165) is 12.8 Å². The van der Waals surface area contributed by atoms with Crippen LogP contribution in [0.4, 0.5) is 0 Å². The molecule has 5 N–H and O–H groups in total. The molecule has 0 unspecified atom stereocenters. The van der Waals surface area contributed by atoms with Crippen molar-refractivity contribution in [1.29, 1.82) is 0 Å². The van der Waals surface area contributed by atoms with Crippen molar-refractivity contribution in [2.75, 3.05) is 13.1 Å². The summed E-state index contributed by atoms with van der Waals surface area (Å²) >= 11 is 0. The van der Waals surface area contributed by atoms with Crippen molar-refractivity contribution in [3.63, 3.8) is 0 Å². The van der Waals surface area contributed by atoms with Crippen LogP contribution in [0.2, 0.25) is 0 Å². The second-order valence-corrected chi connectivity index (χ2v) is 2.68. The molecule has 0 aromatic carbocycles. The fourth-order valence-corrected chi connectivity index (χ4v) is 0.894. The Morgan fingerprint density at radius 2 is 2.17 bits per heavy atom. The van der Waals surface area contributed by atoms with E-state index in [1.807, 2.05) is 0 Å². The van der Waals surface area contributed by atoms with E-state index in [1.165, 1.54) is 0 Å². The van der Waals surface area contributed by atoms with Gasteiger partial charge in [0.15, 0.2) is 0 Å². The third kappa shape index (κ3) is 5.09. The Morgan fingerprint density at radius 1 is 1.50 bits per heavy atom. The van der Waals surface area contributed by atoms with Gasteiger partial charge in [-0.15, -0.1) is 0 Å². The van der Waals surface area contributed by atoms with Crippen LogP contribution in [0.5, 0.6) is 0 Å². The summed E-state index contributed by atoms with van der Waals surface area (Å²) in [6.07, 6.45) is 2.52. The third-order valence-corrected chi connectivity index (χ3v) is 1.61. The predicted octanol–water partition coefficient (Wildman–Crippen LogP) is -0.607. The van der Waals surface area contributed by atoms with Gasteiger partial charge < -0.3 is 16.8 Å². The Hall–Kier alpha value is -0.610. The normalized spacial score (nSPS) is 12.6. The van der Waals surface area contributed by atoms with E-state index in [9.17, 15) is 4.79 Å². The molecule has 4 nitrogen and oxygen atoms in total. The lowest BCUT2D eigenvalue weighted by Crippen LogP contribution is -2.40. The van der Waals surface area contributed by atoms with Gasteiger partial charge in [0.25, 0.3) is 0 Å². The quantitative estimate of drug-likeness (QED) is 0.468. The molecule has 0 saturated carbocycles. The lowest BCUT2D eigenvalue weighted by Gasteiger charge is -2.09. The SMILES string of the molecule is [CH2]CNC(=O)[C@@H](N)CCCCN. The number of carbonyl (C=O) groups excluding carboxylic acids is 1. The molecule has 0 aliphatic rings. The van der Waals surface area contributed by atoms with Crippen molar-refractivity contribution in [3.8, 4) is 0 Å². The zero-order valence-electron chi connectivity index (χ0n) is 7.38. The van der Waals surface area contributed by atoms with Crippen molar-refractivity contribution in [1.82, 2.24) is 5.32 Å². The molecule has 4 heteroatoms. The lowest BCUT2D eigenvalue weighted by molar-refractivity contribution is -0.122. The largest absolute Gasteiger partial charge is 0.355 e. The van der Waals surface area contributed by atoms with Crippen molar-refractivity contribution >= 4 is 5.91 Å². The Balaban J connectivity index is 3.42. The van der Waals surface area contributed by atoms with Gasteiger partial charge in [-0.3, -0.25) is 4.79 Å². The number of hydrogen-bond donors (Lipinski definition) is 3. The summed E-state index contributed by atoms with van der Waals surface area (Å²) in [6.45, 7) is 4.55. The highest BCUT2D eigenvalue weighted by Crippen LogP contribution is 1.97. The fraction of sp³-hybridized carbons (Fsp3) is 0.750. The molecular weight excluding hydrogens is 154 g/mol. The fourth-order valence-electron chi connectivity index (χ4n) is 0.894. The van der Waals surface area contributed by atoms with Crippen LogP contribution in [-0.2, 0) is 4.79 Å². The van der Waals surface area contributed by atoms with Crippen LogP contribution in [0.3, 0.4) is 0 Å². The summed E-state index contributed by atoms with van der Waals surface area (Å²) in [5.74, 6) is -0.123. The average molecular weight is 172 g/mol. The highest BCUT2D eigenvalue weighted by Gasteiger charge is 2.10. The van der Waals surface area contributed by atoms with Crippen LogP contribution < -0.4 is 16.8 Å². The van der Waals surface area contributed by atoms with Crippen LogP contribution in [-0.4, -0.2) is 25.0 Å². The number of nitrogens with two attached hydrogens (primary N) is 2. The minimum absolute atomic E-state index is 0.123. The molecule has 0 heterocycles. The number of rotatable bonds is 6. The van der Waals surface area contributed by atoms with E-state index >= 15 is 0 Å². The van der Waals surface area contributed by atoms with Crippen molar-refractivity contribution in [2.45, 2.75) is 25.3 Å². The smallest absolute Gasteiger partial charge is 0.236 e. The van der Waals surface area contributed by atoms with Crippen molar-refractivity contribution < 1.29 is 4.79 Å². The van der Waals surface area contributed by atoms with Crippen LogP contribution in [0.25, 0.3) is 0 Å². The molecule has 1 atom stereocenters. The molecule has 1 amide bonds. The van der Waals surface area contributed by atoms with Gasteiger partial charge in [0.05, 0.1) is 6.04 Å². The van der Waals surface area contributed by atoms with Crippen molar-refractivity contribution in [2.24, 2.45) is 11.5 Å². The summed E-state index contributed by atoms with van der Waals surface area (Å²) in [7, 11) is 0. The summed E-state index contributed by atoms with van der Waals surface area (Å²) in [4.78, 5) is 11.0. The molecular formula is C8H18N3O. The van der Waals surface area contributed by atoms with Gasteiger partial charge >= 0.3 is 0 Å². The monoisotopic (exact) mass is 172 g/mol.